The third-order valence-electron chi connectivity index (χ3n) is 11.1. The van der Waals surface area contributed by atoms with Crippen molar-refractivity contribution >= 4 is 34.1 Å². The van der Waals surface area contributed by atoms with Crippen molar-refractivity contribution in [2.75, 3.05) is 9.80 Å². The van der Waals surface area contributed by atoms with Crippen molar-refractivity contribution in [1.29, 1.82) is 0 Å². The molecule has 1 aliphatic rings. The van der Waals surface area contributed by atoms with E-state index in [1.165, 1.54) is 67.0 Å². The van der Waals surface area contributed by atoms with Crippen LogP contribution < -0.4 is 9.80 Å². The first-order valence-electron chi connectivity index (χ1n) is 19.6. The van der Waals surface area contributed by atoms with Gasteiger partial charge in [-0.1, -0.05) is 170 Å². The Labute approximate surface area is 335 Å². The normalized spacial score (nSPS) is 11.8. The summed E-state index contributed by atoms with van der Waals surface area (Å²) < 4.78 is 0. The maximum atomic E-state index is 2.41. The molecular weight excluding hydrogens is 689 g/mol. The van der Waals surface area contributed by atoms with Gasteiger partial charge in [-0.3, -0.25) is 0 Å². The van der Waals surface area contributed by atoms with E-state index >= 15 is 0 Å². The van der Waals surface area contributed by atoms with Crippen molar-refractivity contribution < 1.29 is 0 Å². The average Bonchev–Trinajstić information content (AvgIpc) is 3.30. The van der Waals surface area contributed by atoms with Crippen LogP contribution in [0, 0.1) is 0 Å². The van der Waals surface area contributed by atoms with Gasteiger partial charge >= 0.3 is 0 Å². The third kappa shape index (κ3) is 6.79. The SMILES string of the molecule is c1ccc(-c2ccc(-c3ccc(N(c4ccc(-c5ccccc5)cc4)c4ccc(-c5cccc(N6c7ccccc7Cc7ccccc76)c5)cc4)cc3)cc2)cc1. The summed E-state index contributed by atoms with van der Waals surface area (Å²) in [6, 6.07) is 83.2. The molecule has 0 unspecified atom stereocenters. The van der Waals surface area contributed by atoms with Gasteiger partial charge in [0.15, 0.2) is 0 Å². The van der Waals surface area contributed by atoms with E-state index in [-0.39, 0.29) is 0 Å². The molecule has 0 radical (unpaired) electrons. The number of nitrogens with zero attached hydrogens (tertiary/aromatic N) is 2. The van der Waals surface area contributed by atoms with Crippen LogP contribution in [0.4, 0.5) is 34.1 Å². The number of hydrogen-bond acceptors (Lipinski definition) is 2. The topological polar surface area (TPSA) is 6.48 Å². The summed E-state index contributed by atoms with van der Waals surface area (Å²) in [7, 11) is 0. The zero-order valence-corrected chi connectivity index (χ0v) is 31.5. The minimum Gasteiger partial charge on any atom is -0.311 e. The van der Waals surface area contributed by atoms with Gasteiger partial charge < -0.3 is 9.80 Å². The highest BCUT2D eigenvalue weighted by molar-refractivity contribution is 5.86. The van der Waals surface area contributed by atoms with Crippen LogP contribution in [0.2, 0.25) is 0 Å². The van der Waals surface area contributed by atoms with Crippen molar-refractivity contribution in [1.82, 2.24) is 0 Å². The van der Waals surface area contributed by atoms with Crippen LogP contribution in [-0.4, -0.2) is 0 Å². The van der Waals surface area contributed by atoms with Gasteiger partial charge in [-0.15, -0.1) is 0 Å². The standard InChI is InChI=1S/C55H40N2/c1-3-12-40(13-4-1)42-22-24-43(25-23-42)45-28-34-51(35-29-45)56(50-32-26-44(27-33-50)41-14-5-2-6-15-41)52-36-30-46(31-37-52)47-18-11-19-53(39-47)57-54-20-9-7-16-48(54)38-49-17-8-10-21-55(49)57/h1-37,39H,38H2. The summed E-state index contributed by atoms with van der Waals surface area (Å²) in [6.07, 6.45) is 0.945. The summed E-state index contributed by atoms with van der Waals surface area (Å²) in [5, 5.41) is 0. The molecule has 0 atom stereocenters. The van der Waals surface area contributed by atoms with Crippen LogP contribution in [0.25, 0.3) is 44.5 Å². The number of anilines is 6. The monoisotopic (exact) mass is 728 g/mol. The highest BCUT2D eigenvalue weighted by Gasteiger charge is 2.24. The Kier molecular flexibility index (Phi) is 8.98. The van der Waals surface area contributed by atoms with Crippen molar-refractivity contribution in [3.05, 3.63) is 242 Å². The Bertz CT molecular complexity index is 2730. The molecule has 0 fully saturated rings. The van der Waals surface area contributed by atoms with E-state index in [2.05, 4.69) is 240 Å². The molecule has 2 heteroatoms. The number of fused-ring (bicyclic) bond motifs is 2. The largest absolute Gasteiger partial charge is 0.311 e. The zero-order valence-electron chi connectivity index (χ0n) is 31.5. The summed E-state index contributed by atoms with van der Waals surface area (Å²) >= 11 is 0. The maximum absolute atomic E-state index is 2.41. The highest BCUT2D eigenvalue weighted by atomic mass is 15.2. The molecule has 1 aliphatic heterocycles. The van der Waals surface area contributed by atoms with E-state index in [1.54, 1.807) is 0 Å². The number of hydrogen-bond donors (Lipinski definition) is 0. The van der Waals surface area contributed by atoms with Gasteiger partial charge in [0.2, 0.25) is 0 Å². The van der Waals surface area contributed by atoms with Gasteiger partial charge in [-0.2, -0.15) is 0 Å². The molecule has 9 aromatic rings. The summed E-state index contributed by atoms with van der Waals surface area (Å²) in [4.78, 5) is 4.76. The quantitative estimate of drug-likeness (QED) is 0.154. The molecule has 0 aliphatic carbocycles. The fourth-order valence-electron chi connectivity index (χ4n) is 8.17. The first-order valence-corrected chi connectivity index (χ1v) is 19.6. The predicted molar refractivity (Wildman–Crippen MR) is 240 cm³/mol. The van der Waals surface area contributed by atoms with Crippen LogP contribution in [0.3, 0.4) is 0 Å². The van der Waals surface area contributed by atoms with E-state index in [0.717, 1.165) is 29.2 Å². The minimum atomic E-state index is 0.945. The number of para-hydroxylation sites is 2. The lowest BCUT2D eigenvalue weighted by molar-refractivity contribution is 1.09. The molecule has 1 heterocycles. The van der Waals surface area contributed by atoms with Crippen LogP contribution in [-0.2, 0) is 6.42 Å². The number of rotatable bonds is 8. The van der Waals surface area contributed by atoms with Crippen LogP contribution in [0.15, 0.2) is 231 Å². The van der Waals surface area contributed by atoms with Gasteiger partial charge in [-0.05, 0) is 116 Å². The van der Waals surface area contributed by atoms with E-state index < -0.39 is 0 Å². The average molecular weight is 729 g/mol. The molecule has 9 aromatic carbocycles. The minimum absolute atomic E-state index is 0.945. The van der Waals surface area contributed by atoms with E-state index in [1.807, 2.05) is 0 Å². The van der Waals surface area contributed by atoms with E-state index in [4.69, 9.17) is 0 Å². The second-order valence-electron chi connectivity index (χ2n) is 14.6. The van der Waals surface area contributed by atoms with Crippen molar-refractivity contribution in [3.8, 4) is 44.5 Å². The predicted octanol–water partition coefficient (Wildman–Crippen LogP) is 15.2. The summed E-state index contributed by atoms with van der Waals surface area (Å²) in [5.41, 5.74) is 19.2. The van der Waals surface area contributed by atoms with E-state index in [9.17, 15) is 0 Å². The first kappa shape index (κ1) is 34.1. The summed E-state index contributed by atoms with van der Waals surface area (Å²) in [6.45, 7) is 0. The lowest BCUT2D eigenvalue weighted by atomic mass is 9.94. The summed E-state index contributed by atoms with van der Waals surface area (Å²) in [5.74, 6) is 0. The van der Waals surface area contributed by atoms with Crippen molar-refractivity contribution in [2.24, 2.45) is 0 Å². The molecule has 2 nitrogen and oxygen atoms in total. The fraction of sp³-hybridized carbons (Fsp3) is 0.0182. The Morgan fingerprint density at radius 3 is 1.05 bits per heavy atom. The molecule has 0 saturated heterocycles. The smallest absolute Gasteiger partial charge is 0.0497 e. The third-order valence-corrected chi connectivity index (χ3v) is 11.1. The van der Waals surface area contributed by atoms with Gasteiger partial charge in [0.05, 0.1) is 0 Å². The highest BCUT2D eigenvalue weighted by Crippen LogP contribution is 2.45. The molecule has 57 heavy (non-hydrogen) atoms. The molecule has 0 N–H and O–H groups in total. The van der Waals surface area contributed by atoms with Crippen molar-refractivity contribution in [2.45, 2.75) is 6.42 Å². The fourth-order valence-corrected chi connectivity index (χ4v) is 8.17. The molecular formula is C55H40N2. The lowest BCUT2D eigenvalue weighted by Gasteiger charge is -2.33. The van der Waals surface area contributed by atoms with Crippen LogP contribution >= 0.6 is 0 Å². The molecule has 10 rings (SSSR count). The van der Waals surface area contributed by atoms with Gasteiger partial charge in [0.25, 0.3) is 0 Å². The molecule has 0 aromatic heterocycles. The van der Waals surface area contributed by atoms with Gasteiger partial charge in [0, 0.05) is 40.5 Å². The second kappa shape index (κ2) is 15.0. The maximum Gasteiger partial charge on any atom is 0.0497 e. The zero-order chi connectivity index (χ0) is 38.0. The molecule has 0 amide bonds. The van der Waals surface area contributed by atoms with Gasteiger partial charge in [-0.25, -0.2) is 0 Å². The second-order valence-corrected chi connectivity index (χ2v) is 14.6. The Morgan fingerprint density at radius 1 is 0.281 bits per heavy atom. The van der Waals surface area contributed by atoms with Crippen LogP contribution in [0.1, 0.15) is 11.1 Å². The van der Waals surface area contributed by atoms with E-state index in [0.29, 0.717) is 0 Å². The van der Waals surface area contributed by atoms with Crippen molar-refractivity contribution in [3.63, 3.8) is 0 Å². The Hall–Kier alpha value is -7.42. The van der Waals surface area contributed by atoms with Crippen LogP contribution in [0.5, 0.6) is 0 Å². The Balaban J connectivity index is 0.982. The molecule has 0 spiro atoms. The molecule has 0 saturated carbocycles. The number of benzene rings is 9. The molecule has 270 valence electrons. The Morgan fingerprint density at radius 2 is 0.614 bits per heavy atom. The van der Waals surface area contributed by atoms with Gasteiger partial charge in [0.1, 0.15) is 0 Å². The lowest BCUT2D eigenvalue weighted by Crippen LogP contribution is -2.18. The first-order chi connectivity index (χ1) is 28.2. The molecule has 0 bridgehead atoms.